The van der Waals surface area contributed by atoms with Gasteiger partial charge in [-0.25, -0.2) is 0 Å². The molecule has 0 fully saturated rings. The monoisotopic (exact) mass is 329 g/mol. The highest BCUT2D eigenvalue weighted by molar-refractivity contribution is 7.07. The first-order chi connectivity index (χ1) is 9.56. The third kappa shape index (κ3) is 4.38. The summed E-state index contributed by atoms with van der Waals surface area (Å²) >= 11 is 14.0. The molecule has 1 aromatic heterocycles. The van der Waals surface area contributed by atoms with Crippen molar-refractivity contribution in [2.45, 2.75) is 25.8 Å². The summed E-state index contributed by atoms with van der Waals surface area (Å²) in [6.45, 7) is 2.54. The Labute approximate surface area is 133 Å². The molecule has 2 rings (SSSR count). The SMILES string of the molecule is CC(N)Cc1cc(Cl)cc(Cl)c1OCCc1ccsc1. The summed E-state index contributed by atoms with van der Waals surface area (Å²) in [4.78, 5) is 0. The first-order valence-electron chi connectivity index (χ1n) is 6.43. The van der Waals surface area contributed by atoms with Gasteiger partial charge in [-0.3, -0.25) is 0 Å². The first-order valence-corrected chi connectivity index (χ1v) is 8.13. The van der Waals surface area contributed by atoms with E-state index in [4.69, 9.17) is 33.7 Å². The molecule has 2 aromatic rings. The Hall–Kier alpha value is -0.740. The van der Waals surface area contributed by atoms with Crippen molar-refractivity contribution >= 4 is 34.5 Å². The van der Waals surface area contributed by atoms with Crippen LogP contribution in [0.4, 0.5) is 0 Å². The van der Waals surface area contributed by atoms with E-state index in [-0.39, 0.29) is 6.04 Å². The van der Waals surface area contributed by atoms with Gasteiger partial charge in [-0.15, -0.1) is 0 Å². The summed E-state index contributed by atoms with van der Waals surface area (Å²) in [5, 5.41) is 5.33. The van der Waals surface area contributed by atoms with Gasteiger partial charge >= 0.3 is 0 Å². The summed E-state index contributed by atoms with van der Waals surface area (Å²) in [6.07, 6.45) is 1.55. The molecule has 0 radical (unpaired) electrons. The lowest BCUT2D eigenvalue weighted by Gasteiger charge is -2.15. The lowest BCUT2D eigenvalue weighted by atomic mass is 10.1. The third-order valence-electron chi connectivity index (χ3n) is 2.84. The van der Waals surface area contributed by atoms with Crippen LogP contribution in [0.25, 0.3) is 0 Å². The maximum atomic E-state index is 6.23. The van der Waals surface area contributed by atoms with Crippen LogP contribution in [0.1, 0.15) is 18.1 Å². The van der Waals surface area contributed by atoms with Gasteiger partial charge in [-0.1, -0.05) is 23.2 Å². The summed E-state index contributed by atoms with van der Waals surface area (Å²) in [5.41, 5.74) is 8.09. The van der Waals surface area contributed by atoms with E-state index in [1.54, 1.807) is 17.4 Å². The van der Waals surface area contributed by atoms with Gasteiger partial charge in [0.15, 0.2) is 0 Å². The van der Waals surface area contributed by atoms with E-state index in [2.05, 4.69) is 16.8 Å². The van der Waals surface area contributed by atoms with E-state index in [1.807, 2.05) is 13.0 Å². The molecule has 20 heavy (non-hydrogen) atoms. The minimum atomic E-state index is 0.0313. The zero-order chi connectivity index (χ0) is 14.5. The number of hydrogen-bond acceptors (Lipinski definition) is 3. The van der Waals surface area contributed by atoms with Crippen LogP contribution in [0.2, 0.25) is 10.0 Å². The van der Waals surface area contributed by atoms with Crippen molar-refractivity contribution in [3.8, 4) is 5.75 Å². The van der Waals surface area contributed by atoms with Crippen LogP contribution in [0.5, 0.6) is 5.75 Å². The highest BCUT2D eigenvalue weighted by Gasteiger charge is 2.12. The quantitative estimate of drug-likeness (QED) is 0.842. The van der Waals surface area contributed by atoms with Crippen molar-refractivity contribution < 1.29 is 4.74 Å². The van der Waals surface area contributed by atoms with Crippen LogP contribution in [-0.2, 0) is 12.8 Å². The third-order valence-corrected chi connectivity index (χ3v) is 4.08. The molecule has 0 aliphatic heterocycles. The highest BCUT2D eigenvalue weighted by atomic mass is 35.5. The molecule has 1 atom stereocenters. The molecule has 0 aliphatic carbocycles. The van der Waals surface area contributed by atoms with Crippen molar-refractivity contribution in [3.63, 3.8) is 0 Å². The predicted octanol–water partition coefficient (Wildman–Crippen LogP) is 4.57. The Morgan fingerprint density at radius 3 is 2.80 bits per heavy atom. The Kier molecular flexibility index (Phi) is 5.73. The number of halogens is 2. The van der Waals surface area contributed by atoms with Gasteiger partial charge in [0, 0.05) is 17.5 Å². The lowest BCUT2D eigenvalue weighted by molar-refractivity contribution is 0.318. The zero-order valence-electron chi connectivity index (χ0n) is 11.2. The van der Waals surface area contributed by atoms with Gasteiger partial charge in [-0.2, -0.15) is 11.3 Å². The molecule has 0 amide bonds. The number of rotatable bonds is 6. The van der Waals surface area contributed by atoms with Gasteiger partial charge in [0.25, 0.3) is 0 Å². The molecule has 0 saturated heterocycles. The Morgan fingerprint density at radius 1 is 1.35 bits per heavy atom. The number of nitrogens with two attached hydrogens (primary N) is 1. The second kappa shape index (κ2) is 7.32. The lowest BCUT2D eigenvalue weighted by Crippen LogP contribution is -2.18. The molecule has 2 nitrogen and oxygen atoms in total. The second-order valence-electron chi connectivity index (χ2n) is 4.79. The predicted molar refractivity (Wildman–Crippen MR) is 87.3 cm³/mol. The van der Waals surface area contributed by atoms with E-state index in [0.717, 1.165) is 12.0 Å². The molecule has 0 spiro atoms. The number of hydrogen-bond donors (Lipinski definition) is 1. The van der Waals surface area contributed by atoms with Crippen molar-refractivity contribution in [2.24, 2.45) is 5.73 Å². The minimum Gasteiger partial charge on any atom is -0.491 e. The fraction of sp³-hybridized carbons (Fsp3) is 0.333. The van der Waals surface area contributed by atoms with E-state index < -0.39 is 0 Å². The smallest absolute Gasteiger partial charge is 0.141 e. The summed E-state index contributed by atoms with van der Waals surface area (Å²) < 4.78 is 5.86. The van der Waals surface area contributed by atoms with Crippen molar-refractivity contribution in [3.05, 3.63) is 50.1 Å². The van der Waals surface area contributed by atoms with Crippen molar-refractivity contribution in [2.75, 3.05) is 6.61 Å². The molecule has 1 heterocycles. The van der Waals surface area contributed by atoms with E-state index >= 15 is 0 Å². The molecule has 2 N–H and O–H groups in total. The van der Waals surface area contributed by atoms with Crippen LogP contribution in [0.15, 0.2) is 29.0 Å². The fourth-order valence-electron chi connectivity index (χ4n) is 1.98. The minimum absolute atomic E-state index is 0.0313. The number of ether oxygens (including phenoxy) is 1. The van der Waals surface area contributed by atoms with Crippen LogP contribution in [-0.4, -0.2) is 12.6 Å². The van der Waals surface area contributed by atoms with Gasteiger partial charge in [0.05, 0.1) is 11.6 Å². The van der Waals surface area contributed by atoms with Crippen molar-refractivity contribution in [1.29, 1.82) is 0 Å². The molecule has 1 aromatic carbocycles. The molecule has 0 aliphatic rings. The topological polar surface area (TPSA) is 35.2 Å². The van der Waals surface area contributed by atoms with Gasteiger partial charge in [0.1, 0.15) is 5.75 Å². The summed E-state index contributed by atoms with van der Waals surface area (Å²) in [6, 6.07) is 5.70. The maximum absolute atomic E-state index is 6.23. The molecule has 5 heteroatoms. The summed E-state index contributed by atoms with van der Waals surface area (Å²) in [5.74, 6) is 0.698. The van der Waals surface area contributed by atoms with Crippen molar-refractivity contribution in [1.82, 2.24) is 0 Å². The zero-order valence-corrected chi connectivity index (χ0v) is 13.6. The Balaban J connectivity index is 2.08. The van der Waals surface area contributed by atoms with E-state index in [9.17, 15) is 0 Å². The average Bonchev–Trinajstić information content (AvgIpc) is 2.84. The molecule has 0 bridgehead atoms. The van der Waals surface area contributed by atoms with E-state index in [0.29, 0.717) is 28.8 Å². The van der Waals surface area contributed by atoms with Crippen LogP contribution >= 0.6 is 34.5 Å². The molecule has 0 saturated carbocycles. The van der Waals surface area contributed by atoms with Gasteiger partial charge < -0.3 is 10.5 Å². The number of benzene rings is 1. The van der Waals surface area contributed by atoms with Crippen LogP contribution in [0.3, 0.4) is 0 Å². The standard InChI is InChI=1S/C15H17Cl2NOS/c1-10(18)6-12-7-13(16)8-14(17)15(12)19-4-2-11-3-5-20-9-11/h3,5,7-10H,2,4,6,18H2,1H3. The first kappa shape index (κ1) is 15.6. The molecular weight excluding hydrogens is 313 g/mol. The summed E-state index contributed by atoms with van der Waals surface area (Å²) in [7, 11) is 0. The van der Waals surface area contributed by atoms with E-state index in [1.165, 1.54) is 5.56 Å². The number of thiophene rings is 1. The van der Waals surface area contributed by atoms with Gasteiger partial charge in [0.2, 0.25) is 0 Å². The van der Waals surface area contributed by atoms with Gasteiger partial charge in [-0.05, 0) is 53.4 Å². The molecule has 1 unspecified atom stereocenters. The average molecular weight is 330 g/mol. The highest BCUT2D eigenvalue weighted by Crippen LogP contribution is 2.33. The molecule has 108 valence electrons. The largest absolute Gasteiger partial charge is 0.491 e. The second-order valence-corrected chi connectivity index (χ2v) is 6.41. The fourth-order valence-corrected chi connectivity index (χ4v) is 3.27. The Morgan fingerprint density at radius 2 is 2.15 bits per heavy atom. The Bertz CT molecular complexity index is 555. The molecular formula is C15H17Cl2NOS. The maximum Gasteiger partial charge on any atom is 0.141 e. The normalized spacial score (nSPS) is 12.4. The van der Waals surface area contributed by atoms with Crippen LogP contribution in [0, 0.1) is 0 Å². The van der Waals surface area contributed by atoms with Crippen LogP contribution < -0.4 is 10.5 Å².